The molecule has 0 aromatic heterocycles. The Balaban J connectivity index is 2.41. The van der Waals surface area contributed by atoms with Crippen molar-refractivity contribution in [2.45, 2.75) is 53.4 Å². The van der Waals surface area contributed by atoms with Gasteiger partial charge in [-0.15, -0.1) is 0 Å². The van der Waals surface area contributed by atoms with Crippen molar-refractivity contribution in [3.8, 4) is 0 Å². The first-order valence-corrected chi connectivity index (χ1v) is 6.56. The molecule has 2 aliphatic carbocycles. The smallest absolute Gasteiger partial charge is 0.136 e. The lowest BCUT2D eigenvalue weighted by atomic mass is 9.50. The van der Waals surface area contributed by atoms with Gasteiger partial charge in [0.05, 0.1) is 0 Å². The molecule has 90 valence electrons. The number of carbonyl (C=O) groups is 1. The van der Waals surface area contributed by atoms with Crippen molar-refractivity contribution in [2.75, 3.05) is 0 Å². The average Bonchev–Trinajstić information content (AvgIpc) is 2.18. The molecule has 0 saturated heterocycles. The van der Waals surface area contributed by atoms with Gasteiger partial charge in [0.25, 0.3) is 0 Å². The second-order valence-electron chi connectivity index (χ2n) is 6.63. The van der Waals surface area contributed by atoms with Crippen LogP contribution in [0.15, 0.2) is 12.2 Å². The minimum Gasteiger partial charge on any atom is -0.299 e. The monoisotopic (exact) mass is 220 g/mol. The Kier molecular flexibility index (Phi) is 2.76. The van der Waals surface area contributed by atoms with Gasteiger partial charge in [0.1, 0.15) is 5.78 Å². The fourth-order valence-corrected chi connectivity index (χ4v) is 4.06. The number of rotatable bonds is 1. The van der Waals surface area contributed by atoms with Crippen LogP contribution in [0.4, 0.5) is 0 Å². The maximum absolute atomic E-state index is 12.2. The summed E-state index contributed by atoms with van der Waals surface area (Å²) in [5.41, 5.74) is 0.276. The topological polar surface area (TPSA) is 17.1 Å². The van der Waals surface area contributed by atoms with Gasteiger partial charge < -0.3 is 0 Å². The maximum atomic E-state index is 12.2. The molecule has 0 aromatic rings. The third-order valence-electron chi connectivity index (χ3n) is 4.98. The van der Waals surface area contributed by atoms with Gasteiger partial charge in [0.15, 0.2) is 0 Å². The summed E-state index contributed by atoms with van der Waals surface area (Å²) < 4.78 is 0. The van der Waals surface area contributed by atoms with Crippen LogP contribution in [0.2, 0.25) is 0 Å². The number of Topliss-reactive ketones (excluding diaryl/α,β-unsaturated/α-hetero) is 1. The molecule has 1 nitrogen and oxygen atoms in total. The number of hydrogen-bond donors (Lipinski definition) is 0. The molecular weight excluding hydrogens is 196 g/mol. The Morgan fingerprint density at radius 2 is 2.06 bits per heavy atom. The van der Waals surface area contributed by atoms with Crippen molar-refractivity contribution < 1.29 is 4.79 Å². The Morgan fingerprint density at radius 1 is 1.38 bits per heavy atom. The quantitative estimate of drug-likeness (QED) is 0.611. The van der Waals surface area contributed by atoms with Crippen LogP contribution in [0.5, 0.6) is 0 Å². The molecule has 16 heavy (non-hydrogen) atoms. The summed E-state index contributed by atoms with van der Waals surface area (Å²) in [6.45, 7) is 8.67. The molecule has 1 fully saturated rings. The van der Waals surface area contributed by atoms with Crippen molar-refractivity contribution in [1.29, 1.82) is 0 Å². The molecule has 0 spiro atoms. The van der Waals surface area contributed by atoms with Crippen LogP contribution < -0.4 is 0 Å². The highest BCUT2D eigenvalue weighted by Gasteiger charge is 2.52. The van der Waals surface area contributed by atoms with E-state index in [4.69, 9.17) is 0 Å². The van der Waals surface area contributed by atoms with E-state index in [2.05, 4.69) is 32.9 Å². The van der Waals surface area contributed by atoms with Crippen molar-refractivity contribution in [2.24, 2.45) is 22.7 Å². The number of ketones is 1. The lowest BCUT2D eigenvalue weighted by Gasteiger charge is -2.53. The van der Waals surface area contributed by atoms with Gasteiger partial charge in [-0.1, -0.05) is 32.9 Å². The summed E-state index contributed by atoms with van der Waals surface area (Å²) in [5.74, 6) is 1.43. The van der Waals surface area contributed by atoms with Crippen molar-refractivity contribution in [3.63, 3.8) is 0 Å². The van der Waals surface area contributed by atoms with Crippen molar-refractivity contribution in [1.82, 2.24) is 0 Å². The molecule has 0 aliphatic heterocycles. The Labute approximate surface area is 99.3 Å². The Morgan fingerprint density at radius 3 is 2.69 bits per heavy atom. The molecule has 0 radical (unpaired) electrons. The second-order valence-corrected chi connectivity index (χ2v) is 6.63. The fourth-order valence-electron chi connectivity index (χ4n) is 4.06. The summed E-state index contributed by atoms with van der Waals surface area (Å²) in [7, 11) is 0. The van der Waals surface area contributed by atoms with E-state index in [0.717, 1.165) is 12.8 Å². The number of carbonyl (C=O) groups excluding carboxylic acids is 1. The van der Waals surface area contributed by atoms with Crippen LogP contribution in [0.1, 0.15) is 53.4 Å². The highest BCUT2D eigenvalue weighted by Crippen LogP contribution is 2.56. The van der Waals surface area contributed by atoms with E-state index in [0.29, 0.717) is 23.0 Å². The molecule has 0 amide bonds. The molecule has 0 bridgehead atoms. The SMILES string of the molecule is CC(=O)C12CC(C)(C)CCC1CC=CC2C. The standard InChI is InChI=1S/C15H24O/c1-11-6-5-7-13-8-9-14(3,4)10-15(11,13)12(2)16/h5-6,11,13H,7-10H2,1-4H3. The molecule has 1 heteroatoms. The van der Waals surface area contributed by atoms with E-state index >= 15 is 0 Å². The van der Waals surface area contributed by atoms with Crippen LogP contribution in [0, 0.1) is 22.7 Å². The normalized spacial score (nSPS) is 41.5. The Bertz CT molecular complexity index is 326. The largest absolute Gasteiger partial charge is 0.299 e. The zero-order valence-electron chi connectivity index (χ0n) is 11.0. The predicted octanol–water partition coefficient (Wildman–Crippen LogP) is 3.98. The van der Waals surface area contributed by atoms with E-state index < -0.39 is 0 Å². The highest BCUT2D eigenvalue weighted by molar-refractivity contribution is 5.83. The van der Waals surface area contributed by atoms with Gasteiger partial charge in [-0.3, -0.25) is 4.79 Å². The first kappa shape index (κ1) is 11.9. The van der Waals surface area contributed by atoms with E-state index in [1.165, 1.54) is 12.8 Å². The minimum absolute atomic E-state index is 0.0590. The molecular formula is C15H24O. The van der Waals surface area contributed by atoms with Gasteiger partial charge in [-0.05, 0) is 49.9 Å². The van der Waals surface area contributed by atoms with E-state index in [1.807, 2.05) is 6.92 Å². The molecule has 2 rings (SSSR count). The second kappa shape index (κ2) is 3.72. The molecule has 1 saturated carbocycles. The summed E-state index contributed by atoms with van der Waals surface area (Å²) in [4.78, 5) is 12.2. The third-order valence-corrected chi connectivity index (χ3v) is 4.98. The third kappa shape index (κ3) is 1.65. The van der Waals surface area contributed by atoms with Gasteiger partial charge in [0.2, 0.25) is 0 Å². The minimum atomic E-state index is -0.0590. The van der Waals surface area contributed by atoms with Crippen LogP contribution in [0.25, 0.3) is 0 Å². The number of allylic oxidation sites excluding steroid dienone is 2. The molecule has 3 unspecified atom stereocenters. The lowest BCUT2D eigenvalue weighted by Crippen LogP contribution is -2.50. The van der Waals surface area contributed by atoms with Gasteiger partial charge in [-0.2, -0.15) is 0 Å². The van der Waals surface area contributed by atoms with Crippen LogP contribution in [-0.2, 0) is 4.79 Å². The summed E-state index contributed by atoms with van der Waals surface area (Å²) in [6.07, 6.45) is 9.23. The maximum Gasteiger partial charge on any atom is 0.136 e. The van der Waals surface area contributed by atoms with Gasteiger partial charge >= 0.3 is 0 Å². The average molecular weight is 220 g/mol. The van der Waals surface area contributed by atoms with Gasteiger partial charge in [0, 0.05) is 5.41 Å². The molecule has 3 atom stereocenters. The fraction of sp³-hybridized carbons (Fsp3) is 0.800. The van der Waals surface area contributed by atoms with E-state index in [-0.39, 0.29) is 5.41 Å². The van der Waals surface area contributed by atoms with Crippen LogP contribution in [-0.4, -0.2) is 5.78 Å². The number of hydrogen-bond acceptors (Lipinski definition) is 1. The molecule has 0 heterocycles. The molecule has 0 aromatic carbocycles. The first-order valence-electron chi connectivity index (χ1n) is 6.56. The zero-order chi connectivity index (χ0) is 12.0. The number of fused-ring (bicyclic) bond motifs is 1. The highest BCUT2D eigenvalue weighted by atomic mass is 16.1. The summed E-state index contributed by atoms with van der Waals surface area (Å²) in [5, 5.41) is 0. The summed E-state index contributed by atoms with van der Waals surface area (Å²) in [6, 6.07) is 0. The van der Waals surface area contributed by atoms with Crippen LogP contribution in [0.3, 0.4) is 0 Å². The van der Waals surface area contributed by atoms with Crippen molar-refractivity contribution in [3.05, 3.63) is 12.2 Å². The van der Waals surface area contributed by atoms with E-state index in [1.54, 1.807) is 0 Å². The molecule has 2 aliphatic rings. The van der Waals surface area contributed by atoms with Gasteiger partial charge in [-0.25, -0.2) is 0 Å². The zero-order valence-corrected chi connectivity index (χ0v) is 11.0. The summed E-state index contributed by atoms with van der Waals surface area (Å²) >= 11 is 0. The van der Waals surface area contributed by atoms with Crippen molar-refractivity contribution >= 4 is 5.78 Å². The predicted molar refractivity (Wildman–Crippen MR) is 67.2 cm³/mol. The lowest BCUT2D eigenvalue weighted by molar-refractivity contribution is -0.140. The van der Waals surface area contributed by atoms with Crippen LogP contribution >= 0.6 is 0 Å². The first-order chi connectivity index (χ1) is 7.38. The Hall–Kier alpha value is -0.590. The van der Waals surface area contributed by atoms with E-state index in [9.17, 15) is 4.79 Å². The molecule has 0 N–H and O–H groups in total.